The number of hydrogen-bond donors (Lipinski definition) is 1. The van der Waals surface area contributed by atoms with Gasteiger partial charge in [-0.2, -0.15) is 0 Å². The molecule has 84 valence electrons. The van der Waals surface area contributed by atoms with E-state index in [0.29, 0.717) is 23.8 Å². The predicted octanol–water partition coefficient (Wildman–Crippen LogP) is 2.12. The van der Waals surface area contributed by atoms with Gasteiger partial charge in [-0.25, -0.2) is 0 Å². The van der Waals surface area contributed by atoms with Crippen LogP contribution in [0.25, 0.3) is 0 Å². The van der Waals surface area contributed by atoms with Crippen LogP contribution in [0.3, 0.4) is 0 Å². The van der Waals surface area contributed by atoms with E-state index >= 15 is 0 Å². The van der Waals surface area contributed by atoms with Crippen molar-refractivity contribution in [2.45, 2.75) is 25.5 Å². The van der Waals surface area contributed by atoms with Crippen molar-refractivity contribution < 1.29 is 5.11 Å². The molecule has 3 aliphatic rings. The number of hydrogen-bond acceptors (Lipinski definition) is 2. The van der Waals surface area contributed by atoms with Gasteiger partial charge in [0.05, 0.1) is 12.1 Å². The molecule has 0 aromatic carbocycles. The molecule has 0 amide bonds. The van der Waals surface area contributed by atoms with Crippen LogP contribution in [-0.2, 0) is 0 Å². The molecule has 0 bridgehead atoms. The number of aliphatic imine (C=N–C) groups is 1. The van der Waals surface area contributed by atoms with Gasteiger partial charge in [0.1, 0.15) is 0 Å². The van der Waals surface area contributed by atoms with Gasteiger partial charge in [-0.3, -0.25) is 4.99 Å². The van der Waals surface area contributed by atoms with Crippen LogP contribution in [0.15, 0.2) is 40.9 Å². The minimum atomic E-state index is -0.182. The third-order valence-electron chi connectivity index (χ3n) is 3.82. The van der Waals surface area contributed by atoms with Crippen LogP contribution in [0.4, 0.5) is 0 Å². The summed E-state index contributed by atoms with van der Waals surface area (Å²) in [6.45, 7) is 1.89. The Morgan fingerprint density at radius 1 is 1.38 bits per heavy atom. The molecule has 2 aliphatic carbocycles. The van der Waals surface area contributed by atoms with Gasteiger partial charge in [0.25, 0.3) is 0 Å². The Bertz CT molecular complexity index is 403. The molecule has 1 heterocycles. The van der Waals surface area contributed by atoms with Crippen molar-refractivity contribution in [3.63, 3.8) is 0 Å². The summed E-state index contributed by atoms with van der Waals surface area (Å²) in [5.41, 5.74) is 1.33. The highest BCUT2D eigenvalue weighted by molar-refractivity contribution is 5.82. The van der Waals surface area contributed by atoms with Gasteiger partial charge >= 0.3 is 0 Å². The van der Waals surface area contributed by atoms with E-state index in [9.17, 15) is 5.11 Å². The van der Waals surface area contributed by atoms with E-state index in [0.717, 1.165) is 6.42 Å². The smallest absolute Gasteiger partial charge is 0.0780 e. The van der Waals surface area contributed by atoms with Crippen LogP contribution >= 0.6 is 0 Å². The van der Waals surface area contributed by atoms with E-state index < -0.39 is 0 Å². The van der Waals surface area contributed by atoms with E-state index in [1.807, 2.05) is 13.1 Å². The maximum Gasteiger partial charge on any atom is 0.0780 e. The Labute approximate surface area is 96.1 Å². The number of rotatable bonds is 2. The van der Waals surface area contributed by atoms with Crippen molar-refractivity contribution in [2.75, 3.05) is 0 Å². The summed E-state index contributed by atoms with van der Waals surface area (Å²) in [7, 11) is 0. The molecule has 1 fully saturated rings. The Morgan fingerprint density at radius 3 is 2.94 bits per heavy atom. The van der Waals surface area contributed by atoms with Crippen LogP contribution in [0.2, 0.25) is 0 Å². The van der Waals surface area contributed by atoms with Crippen LogP contribution in [0.1, 0.15) is 13.3 Å². The van der Waals surface area contributed by atoms with Crippen molar-refractivity contribution >= 4 is 6.21 Å². The van der Waals surface area contributed by atoms with Gasteiger partial charge in [0.15, 0.2) is 0 Å². The fourth-order valence-corrected chi connectivity index (χ4v) is 2.70. The molecule has 2 heteroatoms. The van der Waals surface area contributed by atoms with E-state index in [4.69, 9.17) is 0 Å². The normalized spacial score (nSPS) is 41.5. The number of dihydropyridines is 1. The van der Waals surface area contributed by atoms with Crippen molar-refractivity contribution in [1.29, 1.82) is 0 Å². The molecular weight excluding hydrogens is 198 g/mol. The molecule has 0 spiro atoms. The topological polar surface area (TPSA) is 32.6 Å². The molecule has 16 heavy (non-hydrogen) atoms. The quantitative estimate of drug-likeness (QED) is 0.752. The molecule has 1 saturated carbocycles. The maximum absolute atomic E-state index is 9.53. The van der Waals surface area contributed by atoms with E-state index in [1.165, 1.54) is 5.57 Å². The lowest BCUT2D eigenvalue weighted by molar-refractivity contribution is 0.167. The molecule has 0 aromatic rings. The van der Waals surface area contributed by atoms with Crippen molar-refractivity contribution in [3.05, 3.63) is 36.0 Å². The lowest BCUT2D eigenvalue weighted by Crippen LogP contribution is -2.20. The molecule has 5 unspecified atom stereocenters. The standard InChI is InChI=1S/C14H17NO/c1-9(16)12-7-13(12)11-6-10-4-2-3-5-14(10)15-8-11/h2-6,8-10,12-14,16H,7H2,1H3. The molecule has 3 rings (SSSR count). The predicted molar refractivity (Wildman–Crippen MR) is 65.4 cm³/mol. The number of fused-ring (bicyclic) bond motifs is 1. The van der Waals surface area contributed by atoms with Gasteiger partial charge in [-0.05, 0) is 30.8 Å². The van der Waals surface area contributed by atoms with E-state index in [1.54, 1.807) is 0 Å². The number of allylic oxidation sites excluding steroid dienone is 3. The molecule has 2 nitrogen and oxygen atoms in total. The summed E-state index contributed by atoms with van der Waals surface area (Å²) >= 11 is 0. The minimum Gasteiger partial charge on any atom is -0.393 e. The third kappa shape index (κ3) is 1.67. The maximum atomic E-state index is 9.53. The number of aliphatic hydroxyl groups excluding tert-OH is 1. The SMILES string of the molecule is CC(O)C1CC1C1=CC2C=CC=CC2N=C1. The second-order valence-electron chi connectivity index (χ2n) is 5.03. The molecular formula is C14H17NO. The Kier molecular flexibility index (Phi) is 2.32. The highest BCUT2D eigenvalue weighted by atomic mass is 16.3. The van der Waals surface area contributed by atoms with Gasteiger partial charge in [0.2, 0.25) is 0 Å². The van der Waals surface area contributed by atoms with Crippen molar-refractivity contribution in [1.82, 2.24) is 0 Å². The zero-order chi connectivity index (χ0) is 11.1. The van der Waals surface area contributed by atoms with Crippen LogP contribution in [0.5, 0.6) is 0 Å². The van der Waals surface area contributed by atoms with E-state index in [-0.39, 0.29) is 6.10 Å². The number of aliphatic hydroxyl groups is 1. The van der Waals surface area contributed by atoms with Gasteiger partial charge in [0, 0.05) is 12.1 Å². The summed E-state index contributed by atoms with van der Waals surface area (Å²) in [5, 5.41) is 9.53. The summed E-state index contributed by atoms with van der Waals surface area (Å²) in [5.74, 6) is 1.43. The van der Waals surface area contributed by atoms with Gasteiger partial charge < -0.3 is 5.11 Å². The molecule has 0 radical (unpaired) electrons. The van der Waals surface area contributed by atoms with E-state index in [2.05, 4.69) is 35.4 Å². The first-order chi connectivity index (χ1) is 7.75. The fraction of sp³-hybridized carbons (Fsp3) is 0.500. The Morgan fingerprint density at radius 2 is 2.19 bits per heavy atom. The fourth-order valence-electron chi connectivity index (χ4n) is 2.70. The zero-order valence-corrected chi connectivity index (χ0v) is 9.45. The number of nitrogens with zero attached hydrogens (tertiary/aromatic N) is 1. The highest BCUT2D eigenvalue weighted by Gasteiger charge is 2.43. The van der Waals surface area contributed by atoms with Crippen molar-refractivity contribution in [3.8, 4) is 0 Å². The van der Waals surface area contributed by atoms with Crippen LogP contribution < -0.4 is 0 Å². The molecule has 0 saturated heterocycles. The molecule has 1 N–H and O–H groups in total. The average molecular weight is 215 g/mol. The lowest BCUT2D eigenvalue weighted by atomic mass is 9.90. The monoisotopic (exact) mass is 215 g/mol. The lowest BCUT2D eigenvalue weighted by Gasteiger charge is -2.22. The van der Waals surface area contributed by atoms with Gasteiger partial charge in [-0.1, -0.05) is 30.4 Å². The first kappa shape index (κ1) is 10.0. The van der Waals surface area contributed by atoms with Crippen molar-refractivity contribution in [2.24, 2.45) is 22.7 Å². The first-order valence-corrected chi connectivity index (χ1v) is 6.03. The van der Waals surface area contributed by atoms with Crippen LogP contribution in [-0.4, -0.2) is 23.5 Å². The third-order valence-corrected chi connectivity index (χ3v) is 3.82. The summed E-state index contributed by atoms with van der Waals surface area (Å²) in [6.07, 6.45) is 13.8. The second-order valence-corrected chi connectivity index (χ2v) is 5.03. The molecule has 0 aromatic heterocycles. The molecule has 1 aliphatic heterocycles. The highest BCUT2D eigenvalue weighted by Crippen LogP contribution is 2.47. The summed E-state index contributed by atoms with van der Waals surface area (Å²) in [4.78, 5) is 4.57. The summed E-state index contributed by atoms with van der Waals surface area (Å²) < 4.78 is 0. The Balaban J connectivity index is 1.75. The van der Waals surface area contributed by atoms with Crippen LogP contribution in [0, 0.1) is 17.8 Å². The minimum absolute atomic E-state index is 0.182. The Hall–Kier alpha value is -1.15. The zero-order valence-electron chi connectivity index (χ0n) is 9.45. The van der Waals surface area contributed by atoms with Gasteiger partial charge in [-0.15, -0.1) is 0 Å². The largest absolute Gasteiger partial charge is 0.393 e. The second kappa shape index (κ2) is 3.70. The summed E-state index contributed by atoms with van der Waals surface area (Å²) in [6, 6.07) is 0.303. The first-order valence-electron chi connectivity index (χ1n) is 6.03. The molecule has 5 atom stereocenters. The average Bonchev–Trinajstić information content (AvgIpc) is 3.08.